The number of halogens is 2. The summed E-state index contributed by atoms with van der Waals surface area (Å²) in [5.41, 5.74) is 1.10. The van der Waals surface area contributed by atoms with Crippen molar-refractivity contribution in [3.05, 3.63) is 52.0 Å². The lowest BCUT2D eigenvalue weighted by atomic mass is 10.2. The van der Waals surface area contributed by atoms with Gasteiger partial charge in [-0.25, -0.2) is 4.98 Å². The number of fused-ring (bicyclic) bond motifs is 1. The van der Waals surface area contributed by atoms with Crippen molar-refractivity contribution in [1.29, 1.82) is 0 Å². The van der Waals surface area contributed by atoms with Crippen LogP contribution in [0.3, 0.4) is 0 Å². The van der Waals surface area contributed by atoms with Gasteiger partial charge in [-0.3, -0.25) is 10.1 Å². The highest BCUT2D eigenvalue weighted by Gasteiger charge is 2.14. The minimum absolute atomic E-state index is 0.254. The van der Waals surface area contributed by atoms with E-state index in [0.717, 1.165) is 24.0 Å². The number of anilines is 1. The van der Waals surface area contributed by atoms with E-state index in [9.17, 15) is 4.79 Å². The van der Waals surface area contributed by atoms with Gasteiger partial charge in [0.1, 0.15) is 11.3 Å². The highest BCUT2D eigenvalue weighted by Crippen LogP contribution is 2.36. The maximum absolute atomic E-state index is 12.5. The van der Waals surface area contributed by atoms with E-state index in [1.807, 2.05) is 6.07 Å². The molecule has 0 saturated heterocycles. The van der Waals surface area contributed by atoms with Gasteiger partial charge in [0, 0.05) is 5.56 Å². The number of unbranched alkanes of at least 4 members (excludes halogenated alkanes) is 2. The molecule has 0 aliphatic heterocycles. The molecule has 4 nitrogen and oxygen atoms in total. The summed E-state index contributed by atoms with van der Waals surface area (Å²) >= 11 is 13.6. The Morgan fingerprint density at radius 1 is 1.19 bits per heavy atom. The number of carbonyl (C=O) groups is 1. The first-order chi connectivity index (χ1) is 12.6. The van der Waals surface area contributed by atoms with Gasteiger partial charge in [-0.2, -0.15) is 0 Å². The zero-order valence-electron chi connectivity index (χ0n) is 14.2. The largest absolute Gasteiger partial charge is 0.494 e. The molecule has 1 heterocycles. The van der Waals surface area contributed by atoms with E-state index in [4.69, 9.17) is 27.9 Å². The molecule has 0 unspecified atom stereocenters. The topological polar surface area (TPSA) is 51.2 Å². The number of benzene rings is 2. The van der Waals surface area contributed by atoms with E-state index < -0.39 is 0 Å². The van der Waals surface area contributed by atoms with Gasteiger partial charge in [0.2, 0.25) is 0 Å². The summed E-state index contributed by atoms with van der Waals surface area (Å²) in [7, 11) is 0. The number of nitrogens with zero attached hydrogens (tertiary/aromatic N) is 1. The molecule has 0 atom stereocenters. The summed E-state index contributed by atoms with van der Waals surface area (Å²) in [4.78, 5) is 16.9. The van der Waals surface area contributed by atoms with Crippen LogP contribution in [-0.4, -0.2) is 17.5 Å². The molecule has 0 spiro atoms. The minimum Gasteiger partial charge on any atom is -0.494 e. The Morgan fingerprint density at radius 3 is 2.77 bits per heavy atom. The molecular formula is C19H18Cl2N2O2S. The third kappa shape index (κ3) is 4.47. The van der Waals surface area contributed by atoms with Gasteiger partial charge >= 0.3 is 0 Å². The van der Waals surface area contributed by atoms with Crippen LogP contribution in [0.2, 0.25) is 10.0 Å². The molecule has 136 valence electrons. The summed E-state index contributed by atoms with van der Waals surface area (Å²) in [5, 5.41) is 4.32. The summed E-state index contributed by atoms with van der Waals surface area (Å²) in [5.74, 6) is 0.430. The van der Waals surface area contributed by atoms with Crippen molar-refractivity contribution in [2.45, 2.75) is 26.2 Å². The van der Waals surface area contributed by atoms with E-state index in [2.05, 4.69) is 17.2 Å². The summed E-state index contributed by atoms with van der Waals surface area (Å²) < 4.78 is 6.45. The van der Waals surface area contributed by atoms with Crippen molar-refractivity contribution in [2.24, 2.45) is 0 Å². The standard InChI is InChI=1S/C19H18Cl2N2O2S/c1-2-3-4-10-25-13-7-5-6-12(11-13)18(24)23-19-22-16-14(20)8-9-15(21)17(16)26-19/h5-9,11H,2-4,10H2,1H3,(H,22,23,24). The molecule has 0 aliphatic carbocycles. The lowest BCUT2D eigenvalue weighted by Crippen LogP contribution is -2.11. The molecule has 26 heavy (non-hydrogen) atoms. The molecular weight excluding hydrogens is 391 g/mol. The van der Waals surface area contributed by atoms with Crippen LogP contribution in [-0.2, 0) is 0 Å². The van der Waals surface area contributed by atoms with Gasteiger partial charge in [0.15, 0.2) is 5.13 Å². The van der Waals surface area contributed by atoms with Gasteiger partial charge in [0.05, 0.1) is 21.4 Å². The Hall–Kier alpha value is -1.82. The van der Waals surface area contributed by atoms with Crippen molar-refractivity contribution in [1.82, 2.24) is 4.98 Å². The third-order valence-electron chi connectivity index (χ3n) is 3.78. The Bertz CT molecular complexity index is 888. The predicted molar refractivity (Wildman–Crippen MR) is 109 cm³/mol. The molecule has 1 amide bonds. The van der Waals surface area contributed by atoms with Gasteiger partial charge in [-0.1, -0.05) is 60.4 Å². The van der Waals surface area contributed by atoms with Crippen LogP contribution in [0, 0.1) is 0 Å². The molecule has 1 aromatic heterocycles. The average molecular weight is 409 g/mol. The number of amides is 1. The van der Waals surface area contributed by atoms with E-state index in [0.29, 0.717) is 38.6 Å². The van der Waals surface area contributed by atoms with E-state index in [1.165, 1.54) is 11.3 Å². The zero-order valence-corrected chi connectivity index (χ0v) is 16.5. The normalized spacial score (nSPS) is 10.9. The number of hydrogen-bond donors (Lipinski definition) is 1. The van der Waals surface area contributed by atoms with Crippen LogP contribution in [0.25, 0.3) is 10.2 Å². The molecule has 0 aliphatic rings. The minimum atomic E-state index is -0.254. The van der Waals surface area contributed by atoms with Gasteiger partial charge < -0.3 is 4.74 Å². The monoisotopic (exact) mass is 408 g/mol. The van der Waals surface area contributed by atoms with Crippen LogP contribution in [0.4, 0.5) is 5.13 Å². The van der Waals surface area contributed by atoms with E-state index in [-0.39, 0.29) is 5.91 Å². The zero-order chi connectivity index (χ0) is 18.5. The van der Waals surface area contributed by atoms with Crippen LogP contribution >= 0.6 is 34.5 Å². The number of ether oxygens (including phenoxy) is 1. The molecule has 0 saturated carbocycles. The second-order valence-electron chi connectivity index (χ2n) is 5.76. The molecule has 0 fully saturated rings. The fourth-order valence-corrected chi connectivity index (χ4v) is 3.85. The summed E-state index contributed by atoms with van der Waals surface area (Å²) in [6.07, 6.45) is 3.27. The number of carbonyl (C=O) groups excluding carboxylic acids is 1. The number of aromatic nitrogens is 1. The van der Waals surface area contributed by atoms with Crippen molar-refractivity contribution in [3.8, 4) is 5.75 Å². The molecule has 0 radical (unpaired) electrons. The van der Waals surface area contributed by atoms with Crippen molar-refractivity contribution >= 4 is 55.8 Å². The van der Waals surface area contributed by atoms with Gasteiger partial charge in [-0.15, -0.1) is 0 Å². The van der Waals surface area contributed by atoms with Crippen LogP contribution < -0.4 is 10.1 Å². The number of hydrogen-bond acceptors (Lipinski definition) is 4. The second kappa shape index (κ2) is 8.71. The molecule has 3 rings (SSSR count). The quantitative estimate of drug-likeness (QED) is 0.458. The lowest BCUT2D eigenvalue weighted by molar-refractivity contribution is 0.102. The van der Waals surface area contributed by atoms with Crippen LogP contribution in [0.1, 0.15) is 36.5 Å². The van der Waals surface area contributed by atoms with Crippen LogP contribution in [0.15, 0.2) is 36.4 Å². The smallest absolute Gasteiger partial charge is 0.257 e. The maximum Gasteiger partial charge on any atom is 0.257 e. The van der Waals surface area contributed by atoms with Crippen LogP contribution in [0.5, 0.6) is 5.75 Å². The summed E-state index contributed by atoms with van der Waals surface area (Å²) in [6.45, 7) is 2.79. The SMILES string of the molecule is CCCCCOc1cccc(C(=O)Nc2nc3c(Cl)ccc(Cl)c3s2)c1. The maximum atomic E-state index is 12.5. The number of thiazole rings is 1. The Balaban J connectivity index is 1.72. The van der Waals surface area contributed by atoms with E-state index >= 15 is 0 Å². The highest BCUT2D eigenvalue weighted by molar-refractivity contribution is 7.23. The van der Waals surface area contributed by atoms with E-state index in [1.54, 1.807) is 30.3 Å². The average Bonchev–Trinajstić information content (AvgIpc) is 3.07. The molecule has 7 heteroatoms. The first-order valence-electron chi connectivity index (χ1n) is 8.37. The van der Waals surface area contributed by atoms with Gasteiger partial charge in [0.25, 0.3) is 5.91 Å². The Morgan fingerprint density at radius 2 is 2.00 bits per heavy atom. The summed E-state index contributed by atoms with van der Waals surface area (Å²) in [6, 6.07) is 10.5. The number of rotatable bonds is 7. The Kier molecular flexibility index (Phi) is 6.35. The van der Waals surface area contributed by atoms with Crippen molar-refractivity contribution < 1.29 is 9.53 Å². The molecule has 3 aromatic rings. The second-order valence-corrected chi connectivity index (χ2v) is 7.58. The Labute approximate surface area is 166 Å². The lowest BCUT2D eigenvalue weighted by Gasteiger charge is -2.07. The first kappa shape index (κ1) is 19.0. The number of nitrogens with one attached hydrogen (secondary N) is 1. The van der Waals surface area contributed by atoms with Crippen molar-refractivity contribution in [3.63, 3.8) is 0 Å². The fraction of sp³-hybridized carbons (Fsp3) is 0.263. The van der Waals surface area contributed by atoms with Crippen molar-refractivity contribution in [2.75, 3.05) is 11.9 Å². The highest BCUT2D eigenvalue weighted by atomic mass is 35.5. The molecule has 2 aromatic carbocycles. The fourth-order valence-electron chi connectivity index (χ4n) is 2.44. The first-order valence-corrected chi connectivity index (χ1v) is 9.94. The van der Waals surface area contributed by atoms with Gasteiger partial charge in [-0.05, 0) is 36.8 Å². The predicted octanol–water partition coefficient (Wildman–Crippen LogP) is 6.42. The molecule has 1 N–H and O–H groups in total. The third-order valence-corrected chi connectivity index (χ3v) is 5.52. The molecule has 0 bridgehead atoms.